The maximum absolute atomic E-state index is 13.2. The van der Waals surface area contributed by atoms with Gasteiger partial charge in [-0.2, -0.15) is 0 Å². The molecule has 3 rings (SSSR count). The van der Waals surface area contributed by atoms with E-state index in [0.717, 1.165) is 5.56 Å². The molecule has 1 aliphatic heterocycles. The van der Waals surface area contributed by atoms with Gasteiger partial charge in [-0.25, -0.2) is 9.18 Å². The lowest BCUT2D eigenvalue weighted by Crippen LogP contribution is -2.58. The molecule has 1 amide bonds. The van der Waals surface area contributed by atoms with Gasteiger partial charge in [0.25, 0.3) is 5.91 Å². The van der Waals surface area contributed by atoms with Gasteiger partial charge in [0.2, 0.25) is 0 Å². The van der Waals surface area contributed by atoms with E-state index >= 15 is 0 Å². The van der Waals surface area contributed by atoms with E-state index in [0.29, 0.717) is 37.6 Å². The maximum atomic E-state index is 13.2. The zero-order valence-corrected chi connectivity index (χ0v) is 19.8. The summed E-state index contributed by atoms with van der Waals surface area (Å²) in [4.78, 5) is 29.5. The fourth-order valence-corrected chi connectivity index (χ4v) is 3.89. The van der Waals surface area contributed by atoms with Crippen molar-refractivity contribution in [1.29, 1.82) is 0 Å². The van der Waals surface area contributed by atoms with Gasteiger partial charge in [0.1, 0.15) is 17.1 Å². The van der Waals surface area contributed by atoms with Crippen molar-refractivity contribution in [3.8, 4) is 5.75 Å². The molecule has 0 spiro atoms. The van der Waals surface area contributed by atoms with Crippen LogP contribution in [0.5, 0.6) is 5.75 Å². The zero-order valence-electron chi connectivity index (χ0n) is 19.8. The molecule has 7 heteroatoms. The lowest BCUT2D eigenvalue weighted by molar-refractivity contribution is -0.139. The van der Waals surface area contributed by atoms with E-state index in [4.69, 9.17) is 9.47 Å². The topological polar surface area (TPSA) is 59.1 Å². The highest BCUT2D eigenvalue weighted by Gasteiger charge is 2.32. The summed E-state index contributed by atoms with van der Waals surface area (Å²) in [5.74, 6) is -0.251. The normalized spacial score (nSPS) is 18.9. The number of hydrogen-bond acceptors (Lipinski definition) is 5. The van der Waals surface area contributed by atoms with Crippen LogP contribution in [0.25, 0.3) is 0 Å². The predicted molar refractivity (Wildman–Crippen MR) is 125 cm³/mol. The van der Waals surface area contributed by atoms with Gasteiger partial charge in [-0.15, -0.1) is 0 Å². The van der Waals surface area contributed by atoms with Crippen molar-refractivity contribution in [2.24, 2.45) is 5.92 Å². The first-order valence-electron chi connectivity index (χ1n) is 11.4. The van der Waals surface area contributed by atoms with Crippen LogP contribution >= 0.6 is 0 Å². The molecule has 33 heavy (non-hydrogen) atoms. The highest BCUT2D eigenvalue weighted by molar-refractivity contribution is 5.92. The third-order valence-corrected chi connectivity index (χ3v) is 5.74. The molecule has 2 atom stereocenters. The molecule has 0 bridgehead atoms. The first-order valence-corrected chi connectivity index (χ1v) is 11.4. The van der Waals surface area contributed by atoms with E-state index in [1.807, 2.05) is 25.7 Å². The van der Waals surface area contributed by atoms with Gasteiger partial charge in [-0.3, -0.25) is 9.69 Å². The molecule has 2 unspecified atom stereocenters. The molecular formula is C26H33FN2O4. The Balaban J connectivity index is 1.57. The van der Waals surface area contributed by atoms with E-state index in [9.17, 15) is 14.0 Å². The summed E-state index contributed by atoms with van der Waals surface area (Å²) >= 11 is 0. The Morgan fingerprint density at radius 1 is 1.03 bits per heavy atom. The number of para-hydroxylation sites is 1. The Morgan fingerprint density at radius 2 is 1.73 bits per heavy atom. The van der Waals surface area contributed by atoms with E-state index in [2.05, 4.69) is 11.8 Å². The second-order valence-corrected chi connectivity index (χ2v) is 9.08. The number of rotatable bonds is 8. The second-order valence-electron chi connectivity index (χ2n) is 9.08. The van der Waals surface area contributed by atoms with Crippen LogP contribution in [0.4, 0.5) is 4.39 Å². The van der Waals surface area contributed by atoms with E-state index in [1.165, 1.54) is 12.1 Å². The first kappa shape index (κ1) is 24.7. The number of benzene rings is 2. The summed E-state index contributed by atoms with van der Waals surface area (Å²) in [5.41, 5.74) is 1.36. The van der Waals surface area contributed by atoms with Crippen LogP contribution in [0, 0.1) is 11.7 Å². The molecule has 2 aromatic carbocycles. The summed E-state index contributed by atoms with van der Waals surface area (Å²) in [6, 6.07) is 13.5. The van der Waals surface area contributed by atoms with Crippen molar-refractivity contribution in [3.05, 3.63) is 65.5 Å². The largest absolute Gasteiger partial charge is 0.483 e. The van der Waals surface area contributed by atoms with Gasteiger partial charge in [-0.1, -0.05) is 38.1 Å². The molecule has 1 heterocycles. The monoisotopic (exact) mass is 456 g/mol. The maximum Gasteiger partial charge on any atom is 0.341 e. The van der Waals surface area contributed by atoms with Crippen LogP contribution in [0.1, 0.15) is 43.6 Å². The van der Waals surface area contributed by atoms with Crippen LogP contribution in [0.2, 0.25) is 0 Å². The third kappa shape index (κ3) is 6.78. The summed E-state index contributed by atoms with van der Waals surface area (Å²) in [7, 11) is 0. The molecule has 0 radical (unpaired) electrons. The number of halogens is 1. The Hall–Kier alpha value is -2.93. The molecule has 1 aliphatic rings. The van der Waals surface area contributed by atoms with Gasteiger partial charge in [0, 0.05) is 31.7 Å². The van der Waals surface area contributed by atoms with Gasteiger partial charge in [0.05, 0.1) is 6.61 Å². The molecule has 1 fully saturated rings. The molecule has 178 valence electrons. The fourth-order valence-electron chi connectivity index (χ4n) is 3.89. The van der Waals surface area contributed by atoms with Crippen molar-refractivity contribution >= 4 is 11.9 Å². The van der Waals surface area contributed by atoms with Gasteiger partial charge in [-0.05, 0) is 49.6 Å². The van der Waals surface area contributed by atoms with Gasteiger partial charge < -0.3 is 14.4 Å². The van der Waals surface area contributed by atoms with Crippen LogP contribution in [-0.2, 0) is 16.1 Å². The standard InChI is InChI=1S/C26H33FN2O4/c1-18(2)16-33-26(31)23-7-5-6-8-24(23)32-17-25(30)29-14-19(3)28(13-20(29)4)15-21-9-11-22(27)12-10-21/h5-12,18-20H,13-17H2,1-4H3. The van der Waals surface area contributed by atoms with Crippen molar-refractivity contribution in [2.75, 3.05) is 26.3 Å². The number of nitrogens with zero attached hydrogens (tertiary/aromatic N) is 2. The fraction of sp³-hybridized carbons (Fsp3) is 0.462. The van der Waals surface area contributed by atoms with Crippen molar-refractivity contribution in [3.63, 3.8) is 0 Å². The average molecular weight is 457 g/mol. The van der Waals surface area contributed by atoms with E-state index in [1.54, 1.807) is 36.4 Å². The molecule has 1 saturated heterocycles. The average Bonchev–Trinajstić information content (AvgIpc) is 2.79. The highest BCUT2D eigenvalue weighted by Crippen LogP contribution is 2.21. The van der Waals surface area contributed by atoms with Crippen molar-refractivity contribution in [2.45, 2.75) is 46.3 Å². The summed E-state index contributed by atoms with van der Waals surface area (Å²) < 4.78 is 24.3. The molecule has 6 nitrogen and oxygen atoms in total. The molecular weight excluding hydrogens is 423 g/mol. The molecule has 0 aliphatic carbocycles. The minimum Gasteiger partial charge on any atom is -0.483 e. The summed E-state index contributed by atoms with van der Waals surface area (Å²) in [6.07, 6.45) is 0. The molecule has 0 aromatic heterocycles. The first-order chi connectivity index (χ1) is 15.7. The van der Waals surface area contributed by atoms with Crippen LogP contribution in [-0.4, -0.2) is 60.1 Å². The quantitative estimate of drug-likeness (QED) is 0.559. The van der Waals surface area contributed by atoms with Crippen LogP contribution in [0.15, 0.2) is 48.5 Å². The summed E-state index contributed by atoms with van der Waals surface area (Å²) in [6.45, 7) is 10.2. The Morgan fingerprint density at radius 3 is 2.42 bits per heavy atom. The van der Waals surface area contributed by atoms with Gasteiger partial charge in [0.15, 0.2) is 6.61 Å². The SMILES string of the molecule is CC(C)COC(=O)c1ccccc1OCC(=O)N1CC(C)N(Cc2ccc(F)cc2)CC1C. The van der Waals surface area contributed by atoms with Gasteiger partial charge >= 0.3 is 5.97 Å². The Bertz CT molecular complexity index is 948. The number of amides is 1. The lowest BCUT2D eigenvalue weighted by atomic mass is 10.1. The minimum absolute atomic E-state index is 0.00370. The van der Waals surface area contributed by atoms with E-state index < -0.39 is 5.97 Å². The molecule has 0 saturated carbocycles. The van der Waals surface area contributed by atoms with Crippen molar-refractivity contribution in [1.82, 2.24) is 9.80 Å². The number of ether oxygens (including phenoxy) is 2. The minimum atomic E-state index is -0.455. The number of hydrogen-bond donors (Lipinski definition) is 0. The lowest BCUT2D eigenvalue weighted by Gasteiger charge is -2.44. The number of esters is 1. The summed E-state index contributed by atoms with van der Waals surface area (Å²) in [5, 5.41) is 0. The molecule has 0 N–H and O–H groups in total. The second kappa shape index (κ2) is 11.3. The Labute approximate surface area is 195 Å². The predicted octanol–water partition coefficient (Wildman–Crippen LogP) is 4.14. The highest BCUT2D eigenvalue weighted by atomic mass is 19.1. The Kier molecular flexibility index (Phi) is 8.44. The van der Waals surface area contributed by atoms with E-state index in [-0.39, 0.29) is 36.3 Å². The third-order valence-electron chi connectivity index (χ3n) is 5.74. The smallest absolute Gasteiger partial charge is 0.341 e. The number of carbonyl (C=O) groups excluding carboxylic acids is 2. The molecule has 2 aromatic rings. The van der Waals surface area contributed by atoms with Crippen molar-refractivity contribution < 1.29 is 23.5 Å². The van der Waals surface area contributed by atoms with Crippen LogP contribution < -0.4 is 4.74 Å². The number of carbonyl (C=O) groups is 2. The number of piperazine rings is 1. The zero-order chi connectivity index (χ0) is 24.0. The van der Waals surface area contributed by atoms with Crippen LogP contribution in [0.3, 0.4) is 0 Å².